The number of unbranched alkanes of at least 4 members (excludes halogenated alkanes) is 1. The Morgan fingerprint density at radius 3 is 2.58 bits per heavy atom. The van der Waals surface area contributed by atoms with Gasteiger partial charge in [-0.1, -0.05) is 13.3 Å². The molecule has 0 aliphatic carbocycles. The third kappa shape index (κ3) is 4.28. The van der Waals surface area contributed by atoms with Gasteiger partial charge in [-0.15, -0.1) is 0 Å². The van der Waals surface area contributed by atoms with Crippen LogP contribution in [0.1, 0.15) is 44.7 Å². The van der Waals surface area contributed by atoms with Crippen LogP contribution in [-0.4, -0.2) is 32.8 Å². The van der Waals surface area contributed by atoms with Crippen LogP contribution >= 0.6 is 0 Å². The van der Waals surface area contributed by atoms with Crippen LogP contribution in [0, 0.1) is 0 Å². The predicted octanol–water partition coefficient (Wildman–Crippen LogP) is 3.07. The molecular weight excluding hydrogens is 336 g/mol. The number of hydrogen-bond donors (Lipinski definition) is 2. The van der Waals surface area contributed by atoms with E-state index in [1.165, 1.54) is 7.11 Å². The second kappa shape index (κ2) is 9.12. The first-order chi connectivity index (χ1) is 12.5. The number of rotatable bonds is 8. The highest BCUT2D eigenvalue weighted by atomic mass is 16.5. The average molecular weight is 362 g/mol. The zero-order valence-electron chi connectivity index (χ0n) is 15.7. The maximum atomic E-state index is 12.6. The van der Waals surface area contributed by atoms with Crippen molar-refractivity contribution in [3.05, 3.63) is 35.0 Å². The van der Waals surface area contributed by atoms with E-state index in [1.807, 2.05) is 0 Å². The van der Waals surface area contributed by atoms with E-state index in [1.54, 1.807) is 32.2 Å². The van der Waals surface area contributed by atoms with Gasteiger partial charge in [0.05, 0.1) is 32.4 Å². The molecule has 1 aliphatic rings. The van der Waals surface area contributed by atoms with Crippen molar-refractivity contribution in [1.82, 2.24) is 10.6 Å². The van der Waals surface area contributed by atoms with Gasteiger partial charge >= 0.3 is 12.0 Å². The van der Waals surface area contributed by atoms with E-state index in [-0.39, 0.29) is 12.6 Å². The summed E-state index contributed by atoms with van der Waals surface area (Å²) in [6.07, 6.45) is 2.39. The highest BCUT2D eigenvalue weighted by Crippen LogP contribution is 2.36. The monoisotopic (exact) mass is 362 g/mol. The largest absolute Gasteiger partial charge is 0.497 e. The summed E-state index contributed by atoms with van der Waals surface area (Å²) in [5, 5.41) is 5.57. The van der Waals surface area contributed by atoms with E-state index in [0.29, 0.717) is 34.8 Å². The van der Waals surface area contributed by atoms with Crippen molar-refractivity contribution in [2.45, 2.75) is 39.2 Å². The summed E-state index contributed by atoms with van der Waals surface area (Å²) < 4.78 is 15.9. The summed E-state index contributed by atoms with van der Waals surface area (Å²) in [6.45, 7) is 4.06. The molecule has 1 atom stereocenters. The Kier molecular flexibility index (Phi) is 6.89. The van der Waals surface area contributed by atoms with Crippen molar-refractivity contribution in [3.8, 4) is 11.5 Å². The first-order valence-corrected chi connectivity index (χ1v) is 8.75. The standard InChI is InChI=1S/C19H26N2O5/c1-5-7-8-14-16(18(22)26-6-2)17(21-19(23)20-14)13-10-9-12(24-3)11-15(13)25-4/h9-11,17H,5-8H2,1-4H3,(H2,20,21,23). The molecule has 2 rings (SSSR count). The Hall–Kier alpha value is -2.70. The molecule has 7 nitrogen and oxygen atoms in total. The number of carbonyl (C=O) groups is 2. The van der Waals surface area contributed by atoms with Crippen LogP contribution < -0.4 is 20.1 Å². The molecule has 2 amide bonds. The molecule has 1 heterocycles. The van der Waals surface area contributed by atoms with Crippen LogP contribution in [0.3, 0.4) is 0 Å². The smallest absolute Gasteiger partial charge is 0.338 e. The van der Waals surface area contributed by atoms with E-state index in [2.05, 4.69) is 17.6 Å². The highest BCUT2D eigenvalue weighted by Gasteiger charge is 2.35. The van der Waals surface area contributed by atoms with Crippen LogP contribution in [0.4, 0.5) is 4.79 Å². The molecular formula is C19H26N2O5. The van der Waals surface area contributed by atoms with Gasteiger partial charge in [0.1, 0.15) is 11.5 Å². The van der Waals surface area contributed by atoms with Crippen LogP contribution in [0.25, 0.3) is 0 Å². The van der Waals surface area contributed by atoms with Crippen molar-refractivity contribution in [1.29, 1.82) is 0 Å². The summed E-state index contributed by atoms with van der Waals surface area (Å²) in [6, 6.07) is 4.26. The maximum Gasteiger partial charge on any atom is 0.338 e. The van der Waals surface area contributed by atoms with Crippen molar-refractivity contribution in [2.75, 3.05) is 20.8 Å². The van der Waals surface area contributed by atoms with Crippen molar-refractivity contribution in [2.24, 2.45) is 0 Å². The molecule has 0 saturated heterocycles. The number of amides is 2. The fraction of sp³-hybridized carbons (Fsp3) is 0.474. The molecule has 1 aliphatic heterocycles. The van der Waals surface area contributed by atoms with Gasteiger partial charge in [0.2, 0.25) is 0 Å². The van der Waals surface area contributed by atoms with E-state index < -0.39 is 12.0 Å². The zero-order valence-corrected chi connectivity index (χ0v) is 15.7. The average Bonchev–Trinajstić information content (AvgIpc) is 2.65. The van der Waals surface area contributed by atoms with Crippen LogP contribution in [0.15, 0.2) is 29.5 Å². The number of urea groups is 1. The minimum Gasteiger partial charge on any atom is -0.497 e. The number of ether oxygens (including phenoxy) is 3. The molecule has 1 aromatic carbocycles. The molecule has 142 valence electrons. The molecule has 2 N–H and O–H groups in total. The number of hydrogen-bond acceptors (Lipinski definition) is 5. The van der Waals surface area contributed by atoms with Crippen LogP contribution in [0.2, 0.25) is 0 Å². The molecule has 0 bridgehead atoms. The van der Waals surface area contributed by atoms with Crippen LogP contribution in [-0.2, 0) is 9.53 Å². The Bertz CT molecular complexity index is 699. The Labute approximate surface area is 153 Å². The van der Waals surface area contributed by atoms with Gasteiger partial charge in [0, 0.05) is 17.3 Å². The lowest BCUT2D eigenvalue weighted by molar-refractivity contribution is -0.139. The van der Waals surface area contributed by atoms with Crippen molar-refractivity contribution >= 4 is 12.0 Å². The lowest BCUT2D eigenvalue weighted by atomic mass is 9.92. The molecule has 26 heavy (non-hydrogen) atoms. The van der Waals surface area contributed by atoms with Crippen molar-refractivity contribution < 1.29 is 23.8 Å². The molecule has 1 unspecified atom stereocenters. The first-order valence-electron chi connectivity index (χ1n) is 8.75. The molecule has 7 heteroatoms. The molecule has 1 aromatic rings. The number of esters is 1. The van der Waals surface area contributed by atoms with Gasteiger partial charge in [0.15, 0.2) is 0 Å². The number of methoxy groups -OCH3 is 2. The first kappa shape index (κ1) is 19.6. The number of carbonyl (C=O) groups excluding carboxylic acids is 2. The molecule has 0 aromatic heterocycles. The fourth-order valence-electron chi connectivity index (χ4n) is 2.91. The van der Waals surface area contributed by atoms with E-state index in [0.717, 1.165) is 12.8 Å². The highest BCUT2D eigenvalue weighted by molar-refractivity contribution is 5.95. The normalized spacial score (nSPS) is 16.6. The maximum absolute atomic E-state index is 12.6. The molecule has 0 fully saturated rings. The van der Waals surface area contributed by atoms with Gasteiger partial charge in [0.25, 0.3) is 0 Å². The summed E-state index contributed by atoms with van der Waals surface area (Å²) >= 11 is 0. The molecule has 0 spiro atoms. The summed E-state index contributed by atoms with van der Waals surface area (Å²) in [7, 11) is 3.10. The summed E-state index contributed by atoms with van der Waals surface area (Å²) in [5.41, 5.74) is 1.67. The van der Waals surface area contributed by atoms with Gasteiger partial charge in [-0.2, -0.15) is 0 Å². The summed E-state index contributed by atoms with van der Waals surface area (Å²) in [4.78, 5) is 24.8. The Morgan fingerprint density at radius 1 is 1.19 bits per heavy atom. The van der Waals surface area contributed by atoms with Crippen molar-refractivity contribution in [3.63, 3.8) is 0 Å². The molecule has 0 radical (unpaired) electrons. The zero-order chi connectivity index (χ0) is 19.1. The lowest BCUT2D eigenvalue weighted by Gasteiger charge is -2.30. The quantitative estimate of drug-likeness (QED) is 0.694. The van der Waals surface area contributed by atoms with E-state index in [9.17, 15) is 9.59 Å². The second-order valence-electron chi connectivity index (χ2n) is 5.86. The Balaban J connectivity index is 2.55. The SMILES string of the molecule is CCCCC1=C(C(=O)OCC)C(c2ccc(OC)cc2OC)NC(=O)N1. The lowest BCUT2D eigenvalue weighted by Crippen LogP contribution is -2.46. The second-order valence-corrected chi connectivity index (χ2v) is 5.86. The number of benzene rings is 1. The van der Waals surface area contributed by atoms with E-state index in [4.69, 9.17) is 14.2 Å². The fourth-order valence-corrected chi connectivity index (χ4v) is 2.91. The Morgan fingerprint density at radius 2 is 1.96 bits per heavy atom. The van der Waals surface area contributed by atoms with Gasteiger partial charge < -0.3 is 24.8 Å². The predicted molar refractivity (Wildman–Crippen MR) is 97.1 cm³/mol. The number of nitrogens with one attached hydrogen (secondary N) is 2. The van der Waals surface area contributed by atoms with E-state index >= 15 is 0 Å². The number of allylic oxidation sites excluding steroid dienone is 1. The third-order valence-electron chi connectivity index (χ3n) is 4.18. The van der Waals surface area contributed by atoms with Gasteiger partial charge in [-0.05, 0) is 31.9 Å². The van der Waals surface area contributed by atoms with Crippen LogP contribution in [0.5, 0.6) is 11.5 Å². The topological polar surface area (TPSA) is 85.9 Å². The summed E-state index contributed by atoms with van der Waals surface area (Å²) in [5.74, 6) is 0.695. The minimum absolute atomic E-state index is 0.254. The minimum atomic E-state index is -0.657. The molecule has 0 saturated carbocycles. The third-order valence-corrected chi connectivity index (χ3v) is 4.18. The van der Waals surface area contributed by atoms with Gasteiger partial charge in [-0.3, -0.25) is 0 Å². The van der Waals surface area contributed by atoms with Gasteiger partial charge in [-0.25, -0.2) is 9.59 Å².